The molecule has 0 bridgehead atoms. The predicted octanol–water partition coefficient (Wildman–Crippen LogP) is 17.4. The van der Waals surface area contributed by atoms with Crippen LogP contribution < -0.4 is 40.8 Å². The summed E-state index contributed by atoms with van der Waals surface area (Å²) < 4.78 is 149. The minimum atomic E-state index is -1.15. The minimum absolute atomic E-state index is 0. The molecule has 660 valence electrons. The van der Waals surface area contributed by atoms with Gasteiger partial charge in [-0.1, -0.05) is 202 Å². The van der Waals surface area contributed by atoms with Crippen LogP contribution in [0.3, 0.4) is 0 Å². The average molecular weight is 1780 g/mol. The van der Waals surface area contributed by atoms with Crippen LogP contribution in [-0.4, -0.2) is 71.6 Å². The SMILES string of the molecule is C.O=C1c2c(O)c(=O)ccn2N(C23c4ccccc4CC2Cc2c3ccc(F)c2F)CN1Cc1cccc(F)c1.O=C1c2c(OCc3ccccc3)c(=O)ccn2N(C23C(=Cc4c2ccc(F)c4F)Cc2ccccc23)CN1Cc1cccc(F)c1.O=C1c2c(OCc3ccccc3)c(=O)ccn2N(C23C(=Cc4ccccc42)Cc2c3ccc(F)c2F)CN1Cc1cccc(F)c1. The summed E-state index contributed by atoms with van der Waals surface area (Å²) in [6, 6.07) is 71.5. The largest absolute Gasteiger partial charge is 0.502 e. The van der Waals surface area contributed by atoms with E-state index in [-0.39, 0.29) is 124 Å². The quantitative estimate of drug-likeness (QED) is 0.0963. The zero-order chi connectivity index (χ0) is 90.2. The van der Waals surface area contributed by atoms with E-state index in [1.807, 2.05) is 155 Å². The fraction of sp³-hybridized carbons (Fsp3) is 0.162. The number of benzene rings is 11. The molecule has 6 heterocycles. The third-order valence-corrected chi connectivity index (χ3v) is 26.4. The lowest BCUT2D eigenvalue weighted by atomic mass is 9.81. The molecule has 6 aliphatic carbocycles. The van der Waals surface area contributed by atoms with Gasteiger partial charge in [-0.2, -0.15) is 0 Å². The first-order valence-corrected chi connectivity index (χ1v) is 42.4. The molecule has 14 aromatic rings. The van der Waals surface area contributed by atoms with E-state index in [4.69, 9.17) is 9.47 Å². The first-order valence-electron chi connectivity index (χ1n) is 42.4. The smallest absolute Gasteiger partial charge is 0.278 e. The van der Waals surface area contributed by atoms with Crippen molar-refractivity contribution in [3.63, 3.8) is 0 Å². The molecule has 18 nitrogen and oxygen atoms in total. The molecule has 1 N–H and O–H groups in total. The highest BCUT2D eigenvalue weighted by molar-refractivity contribution is 5.99. The minimum Gasteiger partial charge on any atom is -0.502 e. The summed E-state index contributed by atoms with van der Waals surface area (Å²) in [5, 5.41) is 16.5. The van der Waals surface area contributed by atoms with E-state index in [0.29, 0.717) is 46.2 Å². The maximum Gasteiger partial charge on any atom is 0.278 e. The Morgan fingerprint density at radius 2 is 0.780 bits per heavy atom. The lowest BCUT2D eigenvalue weighted by Crippen LogP contribution is -2.63. The number of carbonyl (C=O) groups excluding carboxylic acids is 3. The van der Waals surface area contributed by atoms with Crippen molar-refractivity contribution in [3.8, 4) is 17.2 Å². The van der Waals surface area contributed by atoms with E-state index in [1.165, 1.54) is 92.6 Å². The number of nitrogens with zero attached hydrogens (tertiary/aromatic N) is 9. The first kappa shape index (κ1) is 84.5. The number of hydrogen-bond acceptors (Lipinski definition) is 12. The number of ether oxygens (including phenoxy) is 2. The van der Waals surface area contributed by atoms with Crippen molar-refractivity contribution in [2.24, 2.45) is 5.92 Å². The van der Waals surface area contributed by atoms with Crippen molar-refractivity contribution in [2.75, 3.05) is 35.0 Å². The second kappa shape index (κ2) is 32.8. The Bertz CT molecular complexity index is 7240. The van der Waals surface area contributed by atoms with Crippen LogP contribution in [0.1, 0.15) is 133 Å². The number of hydrogen-bond donors (Lipinski definition) is 1. The van der Waals surface area contributed by atoms with E-state index in [1.54, 1.807) is 70.0 Å². The molecule has 4 unspecified atom stereocenters. The monoisotopic (exact) mass is 1780 g/mol. The molecule has 0 saturated carbocycles. The van der Waals surface area contributed by atoms with Crippen LogP contribution in [0.4, 0.5) is 39.5 Å². The van der Waals surface area contributed by atoms with Gasteiger partial charge in [0.2, 0.25) is 16.3 Å². The van der Waals surface area contributed by atoms with E-state index < -0.39 is 109 Å². The highest BCUT2D eigenvalue weighted by atomic mass is 19.2. The van der Waals surface area contributed by atoms with Crippen LogP contribution in [-0.2, 0) is 75.1 Å². The number of carbonyl (C=O) groups is 3. The highest BCUT2D eigenvalue weighted by Gasteiger charge is 2.62. The number of pyridine rings is 3. The number of fused-ring (bicyclic) bond motifs is 18. The molecule has 9 aliphatic rings. The Morgan fingerprint density at radius 1 is 0.356 bits per heavy atom. The second-order valence-electron chi connectivity index (χ2n) is 33.7. The van der Waals surface area contributed by atoms with Crippen LogP contribution in [0.15, 0.2) is 305 Å². The van der Waals surface area contributed by atoms with Gasteiger partial charge in [-0.15, -0.1) is 0 Å². The van der Waals surface area contributed by atoms with E-state index >= 15 is 13.2 Å². The summed E-state index contributed by atoms with van der Waals surface area (Å²) in [6.45, 7) is 0.0658. The fourth-order valence-corrected chi connectivity index (χ4v) is 21.0. The topological polar surface area (TPSA) is 175 Å². The number of rotatable bonds is 15. The van der Waals surface area contributed by atoms with Crippen molar-refractivity contribution >= 4 is 29.9 Å². The Kier molecular flexibility index (Phi) is 21.0. The Labute approximate surface area is 749 Å². The molecule has 0 radical (unpaired) electrons. The molecular weight excluding hydrogens is 1700 g/mol. The molecule has 0 fully saturated rings. The molecular formula is C105H78F9N9O9. The fourth-order valence-electron chi connectivity index (χ4n) is 21.0. The molecule has 0 spiro atoms. The average Bonchev–Trinajstić information content (AvgIpc) is 1.55. The van der Waals surface area contributed by atoms with Crippen molar-refractivity contribution < 1.29 is 68.5 Å². The molecule has 3 aromatic heterocycles. The Morgan fingerprint density at radius 3 is 1.33 bits per heavy atom. The number of aromatic nitrogens is 3. The van der Waals surface area contributed by atoms with Gasteiger partial charge in [-0.05, 0) is 175 Å². The maximum absolute atomic E-state index is 15.5. The van der Waals surface area contributed by atoms with E-state index in [0.717, 1.165) is 73.9 Å². The summed E-state index contributed by atoms with van der Waals surface area (Å²) >= 11 is 0. The lowest BCUT2D eigenvalue weighted by molar-refractivity contribution is 0.0627. The molecule has 4 atom stereocenters. The van der Waals surface area contributed by atoms with Crippen LogP contribution in [0.5, 0.6) is 17.2 Å². The predicted molar refractivity (Wildman–Crippen MR) is 475 cm³/mol. The van der Waals surface area contributed by atoms with Crippen LogP contribution in [0.25, 0.3) is 12.2 Å². The summed E-state index contributed by atoms with van der Waals surface area (Å²) in [5.74, 6) is -9.73. The van der Waals surface area contributed by atoms with E-state index in [9.17, 15) is 60.2 Å². The van der Waals surface area contributed by atoms with Gasteiger partial charge < -0.3 is 29.3 Å². The molecule has 132 heavy (non-hydrogen) atoms. The van der Waals surface area contributed by atoms with Crippen molar-refractivity contribution in [1.82, 2.24) is 28.7 Å². The van der Waals surface area contributed by atoms with E-state index in [2.05, 4.69) is 0 Å². The molecule has 27 heteroatoms. The summed E-state index contributed by atoms with van der Waals surface area (Å²) in [4.78, 5) is 86.2. The Balaban J connectivity index is 0.000000123. The molecule has 0 saturated heterocycles. The third kappa shape index (κ3) is 13.4. The van der Waals surface area contributed by atoms with Gasteiger partial charge in [0, 0.05) is 79.9 Å². The standard InChI is InChI=1S/2C37H26F3N3O3.C30H22F3N3O3.CH4/c2*38-27-11-6-9-24(17-27)20-41-22-43(42-16-15-32(44)35(34(42)36(41)45)46-21-23-7-2-1-3-8-23)37-26(18-25-10-4-5-12-29(25)37)19-28-30(37)13-14-31(39)33(28)40;31-20-6-3-4-17(12-20)15-34-16-36(35-11-10-25(37)28(38)27(35)29(34)39)30-19(13-18-5-1-2-7-22(18)30)14-21-23(30)8-9-24(32)26(21)33;/h1-17,19H,18,20-22H2;1-18H,19-22H2;1-12,19,38H,13-16H2;1H4. The van der Waals surface area contributed by atoms with Gasteiger partial charge in [0.25, 0.3) is 17.7 Å². The van der Waals surface area contributed by atoms with Crippen molar-refractivity contribution in [3.05, 3.63) is 485 Å². The van der Waals surface area contributed by atoms with Gasteiger partial charge in [0.05, 0.1) is 0 Å². The van der Waals surface area contributed by atoms with Gasteiger partial charge in [0.1, 0.15) is 67.3 Å². The summed E-state index contributed by atoms with van der Waals surface area (Å²) in [6.07, 6.45) is 9.61. The van der Waals surface area contributed by atoms with Gasteiger partial charge >= 0.3 is 0 Å². The normalized spacial score (nSPS) is 18.6. The zero-order valence-electron chi connectivity index (χ0n) is 69.4. The van der Waals surface area contributed by atoms with Gasteiger partial charge in [-0.25, -0.2) is 39.5 Å². The number of aromatic hydroxyl groups is 1. The van der Waals surface area contributed by atoms with Gasteiger partial charge in [0.15, 0.2) is 69.2 Å². The summed E-state index contributed by atoms with van der Waals surface area (Å²) in [7, 11) is 0. The lowest BCUT2D eigenvalue weighted by Gasteiger charge is -2.50. The molecule has 23 rings (SSSR count). The Hall–Kier alpha value is -15.7. The molecule has 3 amide bonds. The maximum atomic E-state index is 15.5. The third-order valence-electron chi connectivity index (χ3n) is 26.4. The van der Waals surface area contributed by atoms with Crippen LogP contribution in [0.2, 0.25) is 0 Å². The zero-order valence-corrected chi connectivity index (χ0v) is 69.4. The van der Waals surface area contributed by atoms with Gasteiger partial charge in [-0.3, -0.25) is 57.8 Å². The highest BCUT2D eigenvalue weighted by Crippen LogP contribution is 2.61. The van der Waals surface area contributed by atoms with Crippen molar-refractivity contribution in [2.45, 2.75) is 82.6 Å². The number of halogens is 9. The van der Waals surface area contributed by atoms with Crippen LogP contribution in [0, 0.1) is 58.3 Å². The van der Waals surface area contributed by atoms with Crippen LogP contribution >= 0.6 is 0 Å². The van der Waals surface area contributed by atoms with Crippen molar-refractivity contribution in [1.29, 1.82) is 0 Å². The summed E-state index contributed by atoms with van der Waals surface area (Å²) in [5.41, 5.74) is 7.31. The molecule has 3 aliphatic heterocycles. The number of amides is 3. The first-order chi connectivity index (χ1) is 63.5. The molecule has 11 aromatic carbocycles. The second-order valence-corrected chi connectivity index (χ2v) is 33.7.